The lowest BCUT2D eigenvalue weighted by atomic mass is 9.93. The number of aliphatic hydroxyl groups is 1. The van der Waals surface area contributed by atoms with Crippen LogP contribution < -0.4 is 0 Å². The molecule has 0 radical (unpaired) electrons. The van der Waals surface area contributed by atoms with Gasteiger partial charge in [-0.3, -0.25) is 9.80 Å². The Morgan fingerprint density at radius 1 is 0.889 bits per heavy atom. The highest BCUT2D eigenvalue weighted by molar-refractivity contribution is 5.37. The molecule has 3 nitrogen and oxygen atoms in total. The molecule has 3 aliphatic rings. The molecule has 3 fully saturated rings. The van der Waals surface area contributed by atoms with E-state index < -0.39 is 0 Å². The van der Waals surface area contributed by atoms with Gasteiger partial charge < -0.3 is 5.11 Å². The molecule has 150 valence electrons. The maximum atomic E-state index is 10.1. The molecule has 2 saturated heterocycles. The average molecular weight is 371 g/mol. The normalized spacial score (nSPS) is 28.6. The first kappa shape index (κ1) is 19.4. The molecule has 27 heavy (non-hydrogen) atoms. The average Bonchev–Trinajstić information content (AvgIpc) is 3.47. The van der Waals surface area contributed by atoms with Gasteiger partial charge >= 0.3 is 0 Å². The van der Waals surface area contributed by atoms with E-state index >= 15 is 0 Å². The summed E-state index contributed by atoms with van der Waals surface area (Å²) in [4.78, 5) is 5.32. The second-order valence-electron chi connectivity index (χ2n) is 9.72. The molecule has 0 spiro atoms. The zero-order chi connectivity index (χ0) is 19.0. The van der Waals surface area contributed by atoms with E-state index in [0.29, 0.717) is 6.04 Å². The van der Waals surface area contributed by atoms with E-state index in [1.54, 1.807) is 0 Å². The Labute approximate surface area is 165 Å². The van der Waals surface area contributed by atoms with Crippen molar-refractivity contribution in [1.29, 1.82) is 0 Å². The van der Waals surface area contributed by atoms with Gasteiger partial charge in [-0.15, -0.1) is 0 Å². The highest BCUT2D eigenvalue weighted by atomic mass is 16.3. The molecule has 2 aliphatic heterocycles. The molecule has 2 atom stereocenters. The number of likely N-dealkylation sites (tertiary alicyclic amines) is 2. The van der Waals surface area contributed by atoms with Gasteiger partial charge in [0.15, 0.2) is 0 Å². The summed E-state index contributed by atoms with van der Waals surface area (Å²) in [6.45, 7) is 12.7. The SMILES string of the molecule is Cc1cc(C)c(CN2CC[C@@H](O)C[C@@H]2C2CC2)cc1CN1CCC(C)CC1. The van der Waals surface area contributed by atoms with Gasteiger partial charge in [-0.1, -0.05) is 19.1 Å². The van der Waals surface area contributed by atoms with E-state index in [2.05, 4.69) is 42.7 Å². The van der Waals surface area contributed by atoms with Crippen molar-refractivity contribution in [2.45, 2.75) is 84.5 Å². The van der Waals surface area contributed by atoms with Crippen molar-refractivity contribution in [3.8, 4) is 0 Å². The summed E-state index contributed by atoms with van der Waals surface area (Å²) >= 11 is 0. The van der Waals surface area contributed by atoms with Crippen LogP contribution in [0.1, 0.15) is 67.7 Å². The van der Waals surface area contributed by atoms with Crippen LogP contribution in [-0.4, -0.2) is 46.7 Å². The molecule has 3 heteroatoms. The van der Waals surface area contributed by atoms with Crippen LogP contribution in [0, 0.1) is 25.7 Å². The van der Waals surface area contributed by atoms with Crippen molar-refractivity contribution in [3.05, 3.63) is 34.4 Å². The third-order valence-corrected chi connectivity index (χ3v) is 7.34. The summed E-state index contributed by atoms with van der Waals surface area (Å²) in [5.74, 6) is 1.73. The van der Waals surface area contributed by atoms with Gasteiger partial charge in [0, 0.05) is 25.7 Å². The molecule has 1 aliphatic carbocycles. The van der Waals surface area contributed by atoms with Gasteiger partial charge in [-0.05, 0) is 99.6 Å². The Morgan fingerprint density at radius 3 is 2.22 bits per heavy atom. The van der Waals surface area contributed by atoms with Crippen molar-refractivity contribution < 1.29 is 5.11 Å². The summed E-state index contributed by atoms with van der Waals surface area (Å²) in [6, 6.07) is 5.50. The van der Waals surface area contributed by atoms with Crippen LogP contribution in [0.3, 0.4) is 0 Å². The van der Waals surface area contributed by atoms with E-state index in [-0.39, 0.29) is 6.10 Å². The number of piperidine rings is 2. The summed E-state index contributed by atoms with van der Waals surface area (Å²) in [5.41, 5.74) is 5.90. The Bertz CT molecular complexity index is 646. The third kappa shape index (κ3) is 4.75. The maximum absolute atomic E-state index is 10.1. The Kier molecular flexibility index (Phi) is 5.92. The molecule has 1 aromatic carbocycles. The summed E-state index contributed by atoms with van der Waals surface area (Å²) in [7, 11) is 0. The lowest BCUT2D eigenvalue weighted by Crippen LogP contribution is -2.45. The first-order valence-electron chi connectivity index (χ1n) is 11.2. The molecule has 1 aromatic rings. The van der Waals surface area contributed by atoms with Crippen molar-refractivity contribution >= 4 is 0 Å². The number of aliphatic hydroxyl groups excluding tert-OH is 1. The molecule has 0 unspecified atom stereocenters. The highest BCUT2D eigenvalue weighted by Gasteiger charge is 2.38. The van der Waals surface area contributed by atoms with Crippen LogP contribution in [0.5, 0.6) is 0 Å². The molecular formula is C24H38N2O. The Balaban J connectivity index is 1.47. The molecule has 2 heterocycles. The highest BCUT2D eigenvalue weighted by Crippen LogP contribution is 2.40. The van der Waals surface area contributed by atoms with Crippen LogP contribution in [0.4, 0.5) is 0 Å². The van der Waals surface area contributed by atoms with E-state index in [4.69, 9.17) is 0 Å². The lowest BCUT2D eigenvalue weighted by molar-refractivity contribution is 0.0282. The van der Waals surface area contributed by atoms with E-state index in [1.165, 1.54) is 61.0 Å². The molecule has 4 rings (SSSR count). The quantitative estimate of drug-likeness (QED) is 0.838. The summed E-state index contributed by atoms with van der Waals surface area (Å²) in [6.07, 6.45) is 7.25. The molecule has 1 saturated carbocycles. The number of nitrogens with zero attached hydrogens (tertiary/aromatic N) is 2. The van der Waals surface area contributed by atoms with E-state index in [0.717, 1.165) is 44.3 Å². The van der Waals surface area contributed by atoms with Crippen LogP contribution in [0.15, 0.2) is 12.1 Å². The van der Waals surface area contributed by atoms with E-state index in [1.807, 2.05) is 0 Å². The van der Waals surface area contributed by atoms with E-state index in [9.17, 15) is 5.11 Å². The minimum absolute atomic E-state index is 0.0805. The summed E-state index contributed by atoms with van der Waals surface area (Å²) < 4.78 is 0. The predicted molar refractivity (Wildman–Crippen MR) is 112 cm³/mol. The number of aryl methyl sites for hydroxylation is 2. The number of benzene rings is 1. The second kappa shape index (κ2) is 8.23. The van der Waals surface area contributed by atoms with Crippen molar-refractivity contribution in [2.24, 2.45) is 11.8 Å². The fraction of sp³-hybridized carbons (Fsp3) is 0.750. The second-order valence-corrected chi connectivity index (χ2v) is 9.72. The minimum Gasteiger partial charge on any atom is -0.393 e. The lowest BCUT2D eigenvalue weighted by Gasteiger charge is -2.38. The van der Waals surface area contributed by atoms with Gasteiger partial charge in [0.2, 0.25) is 0 Å². The molecular weight excluding hydrogens is 332 g/mol. The fourth-order valence-corrected chi connectivity index (χ4v) is 5.16. The zero-order valence-electron chi connectivity index (χ0n) is 17.6. The van der Waals surface area contributed by atoms with Gasteiger partial charge in [0.25, 0.3) is 0 Å². The van der Waals surface area contributed by atoms with Crippen molar-refractivity contribution in [2.75, 3.05) is 19.6 Å². The van der Waals surface area contributed by atoms with Crippen molar-refractivity contribution in [1.82, 2.24) is 9.80 Å². The molecule has 0 bridgehead atoms. The Morgan fingerprint density at radius 2 is 1.56 bits per heavy atom. The standard InChI is InChI=1S/C24H38N2O/c1-17-6-9-25(10-7-17)15-21-13-22(19(3)12-18(21)2)16-26-11-8-23(27)14-24(26)20-4-5-20/h12-13,17,20,23-24,27H,4-11,14-16H2,1-3H3/t23-,24-/m1/s1. The third-order valence-electron chi connectivity index (χ3n) is 7.34. The molecule has 0 aromatic heterocycles. The molecule has 0 amide bonds. The Hall–Kier alpha value is -0.900. The predicted octanol–water partition coefficient (Wildman–Crippen LogP) is 4.27. The van der Waals surface area contributed by atoms with Crippen LogP contribution >= 0.6 is 0 Å². The minimum atomic E-state index is -0.0805. The van der Waals surface area contributed by atoms with Crippen LogP contribution in [0.2, 0.25) is 0 Å². The van der Waals surface area contributed by atoms with Gasteiger partial charge in [0.05, 0.1) is 6.10 Å². The number of rotatable bonds is 5. The zero-order valence-corrected chi connectivity index (χ0v) is 17.6. The summed E-state index contributed by atoms with van der Waals surface area (Å²) in [5, 5.41) is 10.1. The van der Waals surface area contributed by atoms with Gasteiger partial charge in [-0.25, -0.2) is 0 Å². The first-order chi connectivity index (χ1) is 13.0. The first-order valence-corrected chi connectivity index (χ1v) is 11.2. The van der Waals surface area contributed by atoms with Crippen molar-refractivity contribution in [3.63, 3.8) is 0 Å². The molecule has 1 N–H and O–H groups in total. The number of hydrogen-bond donors (Lipinski definition) is 1. The number of hydrogen-bond acceptors (Lipinski definition) is 3. The van der Waals surface area contributed by atoms with Crippen LogP contribution in [-0.2, 0) is 13.1 Å². The smallest absolute Gasteiger partial charge is 0.0567 e. The van der Waals surface area contributed by atoms with Gasteiger partial charge in [0.1, 0.15) is 0 Å². The topological polar surface area (TPSA) is 26.7 Å². The fourth-order valence-electron chi connectivity index (χ4n) is 5.16. The maximum Gasteiger partial charge on any atom is 0.0567 e. The largest absolute Gasteiger partial charge is 0.393 e. The van der Waals surface area contributed by atoms with Gasteiger partial charge in [-0.2, -0.15) is 0 Å². The monoisotopic (exact) mass is 370 g/mol. The van der Waals surface area contributed by atoms with Crippen LogP contribution in [0.25, 0.3) is 0 Å².